The van der Waals surface area contributed by atoms with Gasteiger partial charge in [0.2, 0.25) is 0 Å². The molecule has 4 nitrogen and oxygen atoms in total. The van der Waals surface area contributed by atoms with Gasteiger partial charge in [0.1, 0.15) is 12.4 Å². The molecule has 0 aliphatic carbocycles. The summed E-state index contributed by atoms with van der Waals surface area (Å²) in [5, 5.41) is 0. The fraction of sp³-hybridized carbons (Fsp3) is 0.385. The molecule has 1 aromatic rings. The minimum absolute atomic E-state index is 0.0832. The fourth-order valence-corrected chi connectivity index (χ4v) is 2.05. The van der Waals surface area contributed by atoms with Crippen LogP contribution < -0.4 is 0 Å². The number of halogens is 2. The molecule has 1 aromatic carbocycles. The summed E-state index contributed by atoms with van der Waals surface area (Å²) in [6.45, 7) is 3.28. The number of carbonyl (C=O) groups is 2. The van der Waals surface area contributed by atoms with Crippen LogP contribution in [0.2, 0.25) is 0 Å². The molecule has 0 saturated heterocycles. The first-order valence-corrected chi connectivity index (χ1v) is 6.49. The van der Waals surface area contributed by atoms with Gasteiger partial charge in [-0.2, -0.15) is 0 Å². The van der Waals surface area contributed by atoms with E-state index in [-0.39, 0.29) is 18.2 Å². The monoisotopic (exact) mass is 331 g/mol. The molecule has 0 radical (unpaired) electrons. The lowest BCUT2D eigenvalue weighted by molar-refractivity contribution is -0.141. The standard InChI is InChI=1S/C13H15BrFNO3/c1-8(2)16(7-11(17)19-3)13(18)12-9(14)5-4-6-10(12)15/h4-6,8H,7H2,1-3H3. The summed E-state index contributed by atoms with van der Waals surface area (Å²) in [6.07, 6.45) is 0. The summed E-state index contributed by atoms with van der Waals surface area (Å²) < 4.78 is 18.6. The third-order valence-corrected chi connectivity index (χ3v) is 3.25. The molecule has 0 atom stereocenters. The van der Waals surface area contributed by atoms with Crippen LogP contribution in [0, 0.1) is 5.82 Å². The van der Waals surface area contributed by atoms with Gasteiger partial charge in [0.15, 0.2) is 0 Å². The quantitative estimate of drug-likeness (QED) is 0.797. The lowest BCUT2D eigenvalue weighted by atomic mass is 10.1. The van der Waals surface area contributed by atoms with Gasteiger partial charge in [-0.1, -0.05) is 6.07 Å². The summed E-state index contributed by atoms with van der Waals surface area (Å²) in [5.41, 5.74) is -0.0832. The van der Waals surface area contributed by atoms with E-state index >= 15 is 0 Å². The highest BCUT2D eigenvalue weighted by molar-refractivity contribution is 9.10. The van der Waals surface area contributed by atoms with Crippen LogP contribution in [-0.4, -0.2) is 36.5 Å². The zero-order chi connectivity index (χ0) is 14.6. The largest absolute Gasteiger partial charge is 0.468 e. The number of benzene rings is 1. The predicted octanol–water partition coefficient (Wildman–Crippen LogP) is 2.61. The van der Waals surface area contributed by atoms with E-state index in [0.717, 1.165) is 0 Å². The Labute approximate surface area is 119 Å². The Morgan fingerprint density at radius 2 is 2.05 bits per heavy atom. The van der Waals surface area contributed by atoms with Crippen molar-refractivity contribution in [1.82, 2.24) is 4.90 Å². The van der Waals surface area contributed by atoms with Crippen LogP contribution in [0.5, 0.6) is 0 Å². The Kier molecular flexibility index (Phi) is 5.47. The fourth-order valence-electron chi connectivity index (χ4n) is 1.54. The number of ether oxygens (including phenoxy) is 1. The number of amides is 1. The van der Waals surface area contributed by atoms with E-state index in [9.17, 15) is 14.0 Å². The second-order valence-corrected chi connectivity index (χ2v) is 5.05. The van der Waals surface area contributed by atoms with E-state index in [2.05, 4.69) is 20.7 Å². The maximum atomic E-state index is 13.8. The first-order chi connectivity index (χ1) is 8.88. The highest BCUT2D eigenvalue weighted by atomic mass is 79.9. The molecule has 0 heterocycles. The van der Waals surface area contributed by atoms with Crippen molar-refractivity contribution in [3.63, 3.8) is 0 Å². The Hall–Kier alpha value is -1.43. The van der Waals surface area contributed by atoms with Gasteiger partial charge in [0.25, 0.3) is 5.91 Å². The Morgan fingerprint density at radius 1 is 1.42 bits per heavy atom. The van der Waals surface area contributed by atoms with Crippen molar-refractivity contribution in [3.8, 4) is 0 Å². The van der Waals surface area contributed by atoms with Crippen LogP contribution >= 0.6 is 15.9 Å². The number of rotatable bonds is 4. The molecular formula is C13H15BrFNO3. The minimum atomic E-state index is -0.630. The third-order valence-electron chi connectivity index (χ3n) is 2.59. The highest BCUT2D eigenvalue weighted by Gasteiger charge is 2.25. The van der Waals surface area contributed by atoms with Crippen molar-refractivity contribution < 1.29 is 18.7 Å². The van der Waals surface area contributed by atoms with Crippen LogP contribution in [0.4, 0.5) is 4.39 Å². The van der Waals surface area contributed by atoms with Crippen molar-refractivity contribution in [2.24, 2.45) is 0 Å². The molecule has 1 rings (SSSR count). The van der Waals surface area contributed by atoms with E-state index < -0.39 is 17.7 Å². The molecule has 6 heteroatoms. The number of methoxy groups -OCH3 is 1. The Bertz CT molecular complexity index is 471. The number of hydrogen-bond donors (Lipinski definition) is 0. The van der Waals surface area contributed by atoms with Crippen LogP contribution in [-0.2, 0) is 9.53 Å². The van der Waals surface area contributed by atoms with Gasteiger partial charge in [-0.15, -0.1) is 0 Å². The molecule has 0 bridgehead atoms. The average Bonchev–Trinajstić information content (AvgIpc) is 2.34. The maximum Gasteiger partial charge on any atom is 0.325 e. The van der Waals surface area contributed by atoms with E-state index in [1.165, 1.54) is 24.1 Å². The Morgan fingerprint density at radius 3 is 2.53 bits per heavy atom. The van der Waals surface area contributed by atoms with Gasteiger partial charge in [0, 0.05) is 10.5 Å². The maximum absolute atomic E-state index is 13.8. The summed E-state index contributed by atoms with van der Waals surface area (Å²) in [5.74, 6) is -1.73. The van der Waals surface area contributed by atoms with E-state index in [4.69, 9.17) is 0 Å². The van der Waals surface area contributed by atoms with Gasteiger partial charge in [-0.05, 0) is 41.9 Å². The topological polar surface area (TPSA) is 46.6 Å². The second-order valence-electron chi connectivity index (χ2n) is 4.20. The van der Waals surface area contributed by atoms with Crippen molar-refractivity contribution in [1.29, 1.82) is 0 Å². The molecule has 0 fully saturated rings. The molecular weight excluding hydrogens is 317 g/mol. The molecule has 0 aliphatic heterocycles. The van der Waals surface area contributed by atoms with Crippen LogP contribution in [0.15, 0.2) is 22.7 Å². The summed E-state index contributed by atoms with van der Waals surface area (Å²) in [4.78, 5) is 24.9. The molecule has 19 heavy (non-hydrogen) atoms. The normalized spacial score (nSPS) is 10.4. The van der Waals surface area contributed by atoms with Crippen LogP contribution in [0.25, 0.3) is 0 Å². The van der Waals surface area contributed by atoms with Gasteiger partial charge < -0.3 is 9.64 Å². The van der Waals surface area contributed by atoms with Crippen molar-refractivity contribution >= 4 is 27.8 Å². The second kappa shape index (κ2) is 6.65. The average molecular weight is 332 g/mol. The molecule has 1 amide bonds. The third kappa shape index (κ3) is 3.76. The minimum Gasteiger partial charge on any atom is -0.468 e. The first kappa shape index (κ1) is 15.6. The first-order valence-electron chi connectivity index (χ1n) is 5.70. The van der Waals surface area contributed by atoms with E-state index in [0.29, 0.717) is 4.47 Å². The summed E-state index contributed by atoms with van der Waals surface area (Å²) in [7, 11) is 1.24. The molecule has 0 aliphatic rings. The number of carbonyl (C=O) groups excluding carboxylic acids is 2. The van der Waals surface area contributed by atoms with E-state index in [1.54, 1.807) is 19.9 Å². The number of esters is 1. The van der Waals surface area contributed by atoms with Crippen molar-refractivity contribution in [2.75, 3.05) is 13.7 Å². The van der Waals surface area contributed by atoms with Gasteiger partial charge in [0.05, 0.1) is 12.7 Å². The van der Waals surface area contributed by atoms with Gasteiger partial charge >= 0.3 is 5.97 Å². The van der Waals surface area contributed by atoms with Crippen molar-refractivity contribution in [3.05, 3.63) is 34.1 Å². The molecule has 0 N–H and O–H groups in total. The highest BCUT2D eigenvalue weighted by Crippen LogP contribution is 2.22. The molecule has 104 valence electrons. The van der Waals surface area contributed by atoms with Crippen LogP contribution in [0.1, 0.15) is 24.2 Å². The molecule has 0 unspecified atom stereocenters. The van der Waals surface area contributed by atoms with Crippen LogP contribution in [0.3, 0.4) is 0 Å². The Balaban J connectivity index is 3.10. The van der Waals surface area contributed by atoms with Gasteiger partial charge in [-0.3, -0.25) is 9.59 Å². The molecule has 0 spiro atoms. The van der Waals surface area contributed by atoms with Crippen molar-refractivity contribution in [2.45, 2.75) is 19.9 Å². The zero-order valence-corrected chi connectivity index (χ0v) is 12.5. The zero-order valence-electron chi connectivity index (χ0n) is 10.9. The lowest BCUT2D eigenvalue weighted by Gasteiger charge is -2.26. The summed E-state index contributed by atoms with van der Waals surface area (Å²) in [6, 6.07) is 4.02. The SMILES string of the molecule is COC(=O)CN(C(=O)c1c(F)cccc1Br)C(C)C. The predicted molar refractivity (Wildman–Crippen MR) is 72.3 cm³/mol. The number of nitrogens with zero attached hydrogens (tertiary/aromatic N) is 1. The summed E-state index contributed by atoms with van der Waals surface area (Å²) >= 11 is 3.14. The molecule has 0 saturated carbocycles. The lowest BCUT2D eigenvalue weighted by Crippen LogP contribution is -2.41. The van der Waals surface area contributed by atoms with E-state index in [1.807, 2.05) is 0 Å². The van der Waals surface area contributed by atoms with Gasteiger partial charge in [-0.25, -0.2) is 4.39 Å². The molecule has 0 aromatic heterocycles. The number of hydrogen-bond acceptors (Lipinski definition) is 3. The smallest absolute Gasteiger partial charge is 0.325 e.